The van der Waals surface area contributed by atoms with Crippen LogP contribution in [0.1, 0.15) is 54.4 Å². The lowest BCUT2D eigenvalue weighted by atomic mass is 9.89. The third-order valence-electron chi connectivity index (χ3n) is 5.81. The van der Waals surface area contributed by atoms with Crippen molar-refractivity contribution in [2.24, 2.45) is 7.05 Å². The average molecular weight is 420 g/mol. The fraction of sp³-hybridized carbons (Fsp3) is 0.435. The van der Waals surface area contributed by atoms with Gasteiger partial charge in [0, 0.05) is 55.7 Å². The number of hydrogen-bond donors (Lipinski definition) is 1. The highest BCUT2D eigenvalue weighted by Gasteiger charge is 2.29. The normalized spacial score (nSPS) is 14.8. The number of nitrogens with one attached hydrogen (secondary N) is 1. The van der Waals surface area contributed by atoms with E-state index in [9.17, 15) is 4.79 Å². The molecule has 4 rings (SSSR count). The Morgan fingerprint density at radius 3 is 2.55 bits per heavy atom. The zero-order chi connectivity index (χ0) is 22.0. The number of anilines is 1. The van der Waals surface area contributed by atoms with Crippen LogP contribution < -0.4 is 5.32 Å². The van der Waals surface area contributed by atoms with Crippen molar-refractivity contribution in [3.63, 3.8) is 0 Å². The number of carbonyl (C=O) groups excluding carboxylic acids is 1. The molecular formula is C23H29N7O. The summed E-state index contributed by atoms with van der Waals surface area (Å²) in [5, 5.41) is 7.51. The second kappa shape index (κ2) is 8.83. The van der Waals surface area contributed by atoms with Gasteiger partial charge in [0.05, 0.1) is 23.1 Å². The number of likely N-dealkylation sites (tertiary alicyclic amines) is 1. The standard InChI is InChI=1S/C23H29N7O/c1-15(2)27-23-25-13-19(20-7-5-6-10-24-20)21(28-23)17-8-11-30(12-9-17)22(31)18-14-26-29(4)16(18)3/h5-7,10,13-15,17H,8-9,11-12H2,1-4H3,(H,25,27,28). The van der Waals surface area contributed by atoms with Crippen molar-refractivity contribution in [1.82, 2.24) is 29.6 Å². The first-order valence-corrected chi connectivity index (χ1v) is 10.8. The van der Waals surface area contributed by atoms with Crippen molar-refractivity contribution < 1.29 is 4.79 Å². The second-order valence-electron chi connectivity index (χ2n) is 8.34. The Hall–Kier alpha value is -3.29. The van der Waals surface area contributed by atoms with Gasteiger partial charge < -0.3 is 10.2 Å². The van der Waals surface area contributed by atoms with E-state index in [1.165, 1.54) is 0 Å². The van der Waals surface area contributed by atoms with Gasteiger partial charge >= 0.3 is 0 Å². The Bertz CT molecular complexity index is 1050. The summed E-state index contributed by atoms with van der Waals surface area (Å²) in [5.74, 6) is 0.930. The predicted octanol–water partition coefficient (Wildman–Crippen LogP) is 3.42. The molecule has 0 saturated carbocycles. The van der Waals surface area contributed by atoms with Crippen molar-refractivity contribution in [2.75, 3.05) is 18.4 Å². The van der Waals surface area contributed by atoms with Gasteiger partial charge in [0.15, 0.2) is 0 Å². The number of nitrogens with zero attached hydrogens (tertiary/aromatic N) is 6. The van der Waals surface area contributed by atoms with E-state index in [1.807, 2.05) is 43.3 Å². The zero-order valence-electron chi connectivity index (χ0n) is 18.5. The topological polar surface area (TPSA) is 88.8 Å². The zero-order valence-corrected chi connectivity index (χ0v) is 18.5. The number of aromatic nitrogens is 5. The highest BCUT2D eigenvalue weighted by molar-refractivity contribution is 5.95. The molecule has 0 bridgehead atoms. The van der Waals surface area contributed by atoms with Crippen molar-refractivity contribution in [2.45, 2.75) is 45.6 Å². The summed E-state index contributed by atoms with van der Waals surface area (Å²) in [6.07, 6.45) is 7.02. The quantitative estimate of drug-likeness (QED) is 0.682. The number of aryl methyl sites for hydroxylation is 1. The maximum atomic E-state index is 13.0. The molecule has 8 nitrogen and oxygen atoms in total. The fourth-order valence-corrected chi connectivity index (χ4v) is 3.99. The predicted molar refractivity (Wildman–Crippen MR) is 120 cm³/mol. The molecule has 4 heterocycles. The van der Waals surface area contributed by atoms with Crippen LogP contribution >= 0.6 is 0 Å². The molecule has 8 heteroatoms. The van der Waals surface area contributed by atoms with Crippen molar-refractivity contribution in [3.05, 3.63) is 53.7 Å². The van der Waals surface area contributed by atoms with Gasteiger partial charge in [-0.05, 0) is 45.7 Å². The number of amides is 1. The number of rotatable bonds is 5. The number of piperidine rings is 1. The van der Waals surface area contributed by atoms with E-state index in [4.69, 9.17) is 4.98 Å². The molecule has 3 aromatic heterocycles. The molecule has 0 aromatic carbocycles. The number of hydrogen-bond acceptors (Lipinski definition) is 6. The van der Waals surface area contributed by atoms with Crippen LogP contribution in [0.4, 0.5) is 5.95 Å². The molecule has 1 aliphatic heterocycles. The first-order chi connectivity index (χ1) is 14.9. The van der Waals surface area contributed by atoms with Crippen LogP contribution in [0, 0.1) is 6.92 Å². The molecule has 0 spiro atoms. The average Bonchev–Trinajstić information content (AvgIpc) is 3.12. The van der Waals surface area contributed by atoms with Crippen LogP contribution in [0.2, 0.25) is 0 Å². The molecule has 0 radical (unpaired) electrons. The molecule has 1 fully saturated rings. The van der Waals surface area contributed by atoms with Crippen LogP contribution in [0.5, 0.6) is 0 Å². The minimum Gasteiger partial charge on any atom is -0.352 e. The van der Waals surface area contributed by atoms with Gasteiger partial charge in [-0.1, -0.05) is 6.07 Å². The SMILES string of the molecule is Cc1c(C(=O)N2CCC(c3nc(NC(C)C)ncc3-c3ccccn3)CC2)cnn1C. The molecule has 1 N–H and O–H groups in total. The van der Waals surface area contributed by atoms with Gasteiger partial charge in [-0.2, -0.15) is 5.10 Å². The van der Waals surface area contributed by atoms with Gasteiger partial charge in [-0.25, -0.2) is 9.97 Å². The monoisotopic (exact) mass is 419 g/mol. The smallest absolute Gasteiger partial charge is 0.257 e. The Kier molecular flexibility index (Phi) is 5.97. The van der Waals surface area contributed by atoms with Gasteiger partial charge in [-0.3, -0.25) is 14.5 Å². The minimum absolute atomic E-state index is 0.0545. The van der Waals surface area contributed by atoms with Crippen LogP contribution in [-0.2, 0) is 7.05 Å². The van der Waals surface area contributed by atoms with Gasteiger partial charge in [-0.15, -0.1) is 0 Å². The molecule has 1 saturated heterocycles. The lowest BCUT2D eigenvalue weighted by Crippen LogP contribution is -2.38. The molecule has 1 amide bonds. The Labute approximate surface area is 182 Å². The third kappa shape index (κ3) is 4.42. The van der Waals surface area contributed by atoms with Gasteiger partial charge in [0.2, 0.25) is 5.95 Å². The second-order valence-corrected chi connectivity index (χ2v) is 8.34. The van der Waals surface area contributed by atoms with Crippen LogP contribution in [0.15, 0.2) is 36.8 Å². The van der Waals surface area contributed by atoms with Crippen LogP contribution in [0.25, 0.3) is 11.3 Å². The maximum absolute atomic E-state index is 13.0. The Morgan fingerprint density at radius 1 is 1.16 bits per heavy atom. The van der Waals surface area contributed by atoms with E-state index >= 15 is 0 Å². The van der Waals surface area contributed by atoms with Crippen molar-refractivity contribution in [1.29, 1.82) is 0 Å². The Morgan fingerprint density at radius 2 is 1.94 bits per heavy atom. The first kappa shape index (κ1) is 21.0. The molecule has 31 heavy (non-hydrogen) atoms. The molecule has 0 unspecified atom stereocenters. The highest BCUT2D eigenvalue weighted by Crippen LogP contribution is 2.34. The van der Waals surface area contributed by atoms with Gasteiger partial charge in [0.25, 0.3) is 5.91 Å². The van der Waals surface area contributed by atoms with Gasteiger partial charge in [0.1, 0.15) is 0 Å². The first-order valence-electron chi connectivity index (χ1n) is 10.8. The summed E-state index contributed by atoms with van der Waals surface area (Å²) in [6, 6.07) is 6.12. The molecule has 0 atom stereocenters. The Balaban J connectivity index is 1.56. The van der Waals surface area contributed by atoms with E-state index in [0.717, 1.165) is 35.5 Å². The van der Waals surface area contributed by atoms with E-state index in [2.05, 4.69) is 34.2 Å². The molecular weight excluding hydrogens is 390 g/mol. The third-order valence-corrected chi connectivity index (χ3v) is 5.81. The summed E-state index contributed by atoms with van der Waals surface area (Å²) in [4.78, 5) is 28.8. The molecule has 0 aliphatic carbocycles. The van der Waals surface area contributed by atoms with E-state index in [-0.39, 0.29) is 17.9 Å². The molecule has 162 valence electrons. The van der Waals surface area contributed by atoms with Crippen LogP contribution in [0.3, 0.4) is 0 Å². The summed E-state index contributed by atoms with van der Waals surface area (Å²) in [7, 11) is 1.86. The lowest BCUT2D eigenvalue weighted by Gasteiger charge is -2.32. The number of pyridine rings is 1. The van der Waals surface area contributed by atoms with E-state index in [0.29, 0.717) is 24.6 Å². The van der Waals surface area contributed by atoms with E-state index in [1.54, 1.807) is 17.1 Å². The van der Waals surface area contributed by atoms with Crippen LogP contribution in [-0.4, -0.2) is 54.7 Å². The van der Waals surface area contributed by atoms with Crippen molar-refractivity contribution in [3.8, 4) is 11.3 Å². The summed E-state index contributed by atoms with van der Waals surface area (Å²) in [5.41, 5.74) is 4.41. The van der Waals surface area contributed by atoms with Crippen molar-refractivity contribution >= 4 is 11.9 Å². The fourth-order valence-electron chi connectivity index (χ4n) is 3.99. The number of carbonyl (C=O) groups is 1. The van der Waals surface area contributed by atoms with E-state index < -0.39 is 0 Å². The maximum Gasteiger partial charge on any atom is 0.257 e. The largest absolute Gasteiger partial charge is 0.352 e. The molecule has 1 aliphatic rings. The summed E-state index contributed by atoms with van der Waals surface area (Å²) < 4.78 is 1.74. The summed E-state index contributed by atoms with van der Waals surface area (Å²) >= 11 is 0. The minimum atomic E-state index is 0.0545. The lowest BCUT2D eigenvalue weighted by molar-refractivity contribution is 0.0711. The highest BCUT2D eigenvalue weighted by atomic mass is 16.2. The molecule has 3 aromatic rings. The summed E-state index contributed by atoms with van der Waals surface area (Å²) in [6.45, 7) is 7.45.